The van der Waals surface area contributed by atoms with E-state index < -0.39 is 0 Å². The zero-order valence-corrected chi connectivity index (χ0v) is 8.99. The van der Waals surface area contributed by atoms with Crippen molar-refractivity contribution in [2.45, 2.75) is 26.7 Å². The van der Waals surface area contributed by atoms with Crippen LogP contribution in [0.15, 0.2) is 0 Å². The van der Waals surface area contributed by atoms with Crippen molar-refractivity contribution in [1.29, 1.82) is 5.26 Å². The molecule has 0 saturated heterocycles. The van der Waals surface area contributed by atoms with Crippen LogP contribution in [-0.2, 0) is 4.79 Å². The fourth-order valence-electron chi connectivity index (χ4n) is 1.31. The van der Waals surface area contributed by atoms with Gasteiger partial charge >= 0.3 is 0 Å². The first-order chi connectivity index (χ1) is 6.71. The second-order valence-electron chi connectivity index (χ2n) is 3.17. The van der Waals surface area contributed by atoms with E-state index in [1.165, 1.54) is 0 Å². The molecule has 1 amide bonds. The Morgan fingerprint density at radius 3 is 2.57 bits per heavy atom. The van der Waals surface area contributed by atoms with E-state index in [9.17, 15) is 4.79 Å². The van der Waals surface area contributed by atoms with Gasteiger partial charge in [-0.3, -0.25) is 4.79 Å². The minimum absolute atomic E-state index is 0.0766. The molecule has 1 unspecified atom stereocenters. The first-order valence-corrected chi connectivity index (χ1v) is 5.06. The molecular formula is C10H19N3O. The third-order valence-electron chi connectivity index (χ3n) is 2.31. The van der Waals surface area contributed by atoms with Gasteiger partial charge in [0.2, 0.25) is 5.91 Å². The Hall–Kier alpha value is -1.08. The molecule has 0 saturated carbocycles. The second kappa shape index (κ2) is 7.34. The van der Waals surface area contributed by atoms with Crippen LogP contribution in [0.25, 0.3) is 0 Å². The molecule has 2 N–H and O–H groups in total. The Kier molecular flexibility index (Phi) is 6.77. The van der Waals surface area contributed by atoms with E-state index in [0.717, 1.165) is 6.42 Å². The number of amides is 1. The van der Waals surface area contributed by atoms with Gasteiger partial charge in [-0.1, -0.05) is 6.92 Å². The van der Waals surface area contributed by atoms with Gasteiger partial charge in [0.05, 0.1) is 18.4 Å². The molecule has 0 fully saturated rings. The Morgan fingerprint density at radius 1 is 1.57 bits per heavy atom. The van der Waals surface area contributed by atoms with Crippen molar-refractivity contribution in [2.24, 2.45) is 11.7 Å². The quantitative estimate of drug-likeness (QED) is 0.682. The largest absolute Gasteiger partial charge is 0.342 e. The molecule has 0 aromatic rings. The maximum atomic E-state index is 11.8. The highest BCUT2D eigenvalue weighted by molar-refractivity contribution is 5.79. The zero-order valence-electron chi connectivity index (χ0n) is 8.99. The molecule has 0 aromatic carbocycles. The summed E-state index contributed by atoms with van der Waals surface area (Å²) in [4.78, 5) is 13.5. The number of carbonyl (C=O) groups excluding carboxylic acids is 1. The molecule has 0 bridgehead atoms. The SMILES string of the molecule is CCC(CN)C(=O)N(CC)CCC#N. The van der Waals surface area contributed by atoms with Crippen LogP contribution >= 0.6 is 0 Å². The average Bonchev–Trinajstić information content (AvgIpc) is 2.21. The topological polar surface area (TPSA) is 70.1 Å². The summed E-state index contributed by atoms with van der Waals surface area (Å²) in [5.41, 5.74) is 5.49. The minimum atomic E-state index is -0.0892. The first kappa shape index (κ1) is 12.9. The molecule has 80 valence electrons. The summed E-state index contributed by atoms with van der Waals surface area (Å²) < 4.78 is 0. The number of rotatable bonds is 6. The predicted octanol–water partition coefficient (Wildman–Crippen LogP) is 0.733. The van der Waals surface area contributed by atoms with E-state index in [1.807, 2.05) is 19.9 Å². The highest BCUT2D eigenvalue weighted by atomic mass is 16.2. The molecule has 4 heteroatoms. The molecule has 0 heterocycles. The highest BCUT2D eigenvalue weighted by Gasteiger charge is 2.19. The monoisotopic (exact) mass is 197 g/mol. The van der Waals surface area contributed by atoms with Crippen molar-refractivity contribution in [3.63, 3.8) is 0 Å². The van der Waals surface area contributed by atoms with E-state index in [-0.39, 0.29) is 11.8 Å². The number of hydrogen-bond donors (Lipinski definition) is 1. The number of nitrogens with two attached hydrogens (primary N) is 1. The maximum absolute atomic E-state index is 11.8. The molecule has 0 aliphatic carbocycles. The molecule has 0 radical (unpaired) electrons. The van der Waals surface area contributed by atoms with E-state index in [1.54, 1.807) is 4.90 Å². The Morgan fingerprint density at radius 2 is 2.21 bits per heavy atom. The van der Waals surface area contributed by atoms with Gasteiger partial charge in [-0.05, 0) is 13.3 Å². The normalized spacial score (nSPS) is 11.9. The van der Waals surface area contributed by atoms with E-state index in [2.05, 4.69) is 0 Å². The summed E-state index contributed by atoms with van der Waals surface area (Å²) in [6.07, 6.45) is 1.15. The number of carbonyl (C=O) groups is 1. The number of nitriles is 1. The van der Waals surface area contributed by atoms with Crippen molar-refractivity contribution < 1.29 is 4.79 Å². The summed E-state index contributed by atoms with van der Waals surface area (Å²) in [7, 11) is 0. The van der Waals surface area contributed by atoms with Crippen LogP contribution in [0.1, 0.15) is 26.7 Å². The van der Waals surface area contributed by atoms with E-state index in [4.69, 9.17) is 11.0 Å². The Labute approximate surface area is 85.7 Å². The number of nitrogens with zero attached hydrogens (tertiary/aromatic N) is 2. The van der Waals surface area contributed by atoms with Crippen LogP contribution in [0.5, 0.6) is 0 Å². The van der Waals surface area contributed by atoms with Crippen LogP contribution in [0.2, 0.25) is 0 Å². The lowest BCUT2D eigenvalue weighted by molar-refractivity contribution is -0.135. The Bertz CT molecular complexity index is 206. The smallest absolute Gasteiger partial charge is 0.226 e. The van der Waals surface area contributed by atoms with Crippen molar-refractivity contribution >= 4 is 5.91 Å². The van der Waals surface area contributed by atoms with Crippen molar-refractivity contribution in [3.05, 3.63) is 0 Å². The fourth-order valence-corrected chi connectivity index (χ4v) is 1.31. The summed E-state index contributed by atoms with van der Waals surface area (Å²) in [5.74, 6) is -0.0126. The van der Waals surface area contributed by atoms with Crippen molar-refractivity contribution in [2.75, 3.05) is 19.6 Å². The molecule has 0 spiro atoms. The van der Waals surface area contributed by atoms with Gasteiger partial charge in [-0.25, -0.2) is 0 Å². The maximum Gasteiger partial charge on any atom is 0.226 e. The molecule has 0 aromatic heterocycles. The molecule has 4 nitrogen and oxygen atoms in total. The average molecular weight is 197 g/mol. The van der Waals surface area contributed by atoms with Gasteiger partial charge in [0.1, 0.15) is 0 Å². The zero-order chi connectivity index (χ0) is 11.0. The second-order valence-corrected chi connectivity index (χ2v) is 3.17. The molecule has 0 aliphatic rings. The van der Waals surface area contributed by atoms with Gasteiger partial charge in [-0.2, -0.15) is 5.26 Å². The Balaban J connectivity index is 4.22. The van der Waals surface area contributed by atoms with Gasteiger partial charge in [0.25, 0.3) is 0 Å². The predicted molar refractivity (Wildman–Crippen MR) is 55.3 cm³/mol. The lowest BCUT2D eigenvalue weighted by atomic mass is 10.1. The number of hydrogen-bond acceptors (Lipinski definition) is 3. The first-order valence-electron chi connectivity index (χ1n) is 5.06. The minimum Gasteiger partial charge on any atom is -0.342 e. The highest BCUT2D eigenvalue weighted by Crippen LogP contribution is 2.06. The van der Waals surface area contributed by atoms with Crippen LogP contribution in [-0.4, -0.2) is 30.4 Å². The molecular weight excluding hydrogens is 178 g/mol. The fraction of sp³-hybridized carbons (Fsp3) is 0.800. The van der Waals surface area contributed by atoms with E-state index >= 15 is 0 Å². The van der Waals surface area contributed by atoms with Gasteiger partial charge in [0.15, 0.2) is 0 Å². The molecule has 0 aliphatic heterocycles. The molecule has 1 atom stereocenters. The lowest BCUT2D eigenvalue weighted by Crippen LogP contribution is -2.39. The van der Waals surface area contributed by atoms with Crippen LogP contribution in [0, 0.1) is 17.2 Å². The van der Waals surface area contributed by atoms with Gasteiger partial charge in [0, 0.05) is 19.6 Å². The van der Waals surface area contributed by atoms with E-state index in [0.29, 0.717) is 26.1 Å². The summed E-state index contributed by atoms with van der Waals surface area (Å²) in [6, 6.07) is 2.04. The van der Waals surface area contributed by atoms with Crippen LogP contribution in [0.4, 0.5) is 0 Å². The van der Waals surface area contributed by atoms with Gasteiger partial charge in [-0.15, -0.1) is 0 Å². The third kappa shape index (κ3) is 3.75. The molecule has 14 heavy (non-hydrogen) atoms. The lowest BCUT2D eigenvalue weighted by Gasteiger charge is -2.24. The van der Waals surface area contributed by atoms with Crippen molar-refractivity contribution in [1.82, 2.24) is 4.90 Å². The molecule has 0 rings (SSSR count). The third-order valence-corrected chi connectivity index (χ3v) is 2.31. The standard InChI is InChI=1S/C10H19N3O/c1-3-9(8-12)10(14)13(4-2)7-5-6-11/h9H,3-5,7-8,12H2,1-2H3. The summed E-state index contributed by atoms with van der Waals surface area (Å²) in [6.45, 7) is 5.42. The van der Waals surface area contributed by atoms with Crippen LogP contribution in [0.3, 0.4) is 0 Å². The van der Waals surface area contributed by atoms with Crippen molar-refractivity contribution in [3.8, 4) is 6.07 Å². The summed E-state index contributed by atoms with van der Waals surface area (Å²) in [5, 5.41) is 8.43. The van der Waals surface area contributed by atoms with Crippen LogP contribution < -0.4 is 5.73 Å². The van der Waals surface area contributed by atoms with Gasteiger partial charge < -0.3 is 10.6 Å². The summed E-state index contributed by atoms with van der Waals surface area (Å²) >= 11 is 0.